The first-order valence-electron chi connectivity index (χ1n) is 6.68. The average Bonchev–Trinajstić information content (AvgIpc) is 2.32. The highest BCUT2D eigenvalue weighted by Gasteiger charge is 2.36. The SMILES string of the molecule is CCCCc1ccc([P+](O)(O)O)c(CCCC)c1. The predicted molar refractivity (Wildman–Crippen MR) is 76.9 cm³/mol. The van der Waals surface area contributed by atoms with E-state index in [4.69, 9.17) is 0 Å². The van der Waals surface area contributed by atoms with Crippen LogP contribution in [0, 0.1) is 0 Å². The second kappa shape index (κ2) is 7.20. The summed E-state index contributed by atoms with van der Waals surface area (Å²) < 4.78 is 0. The van der Waals surface area contributed by atoms with Gasteiger partial charge in [-0.15, -0.1) is 0 Å². The van der Waals surface area contributed by atoms with Crippen molar-refractivity contribution in [2.75, 3.05) is 0 Å². The minimum atomic E-state index is -3.89. The highest BCUT2D eigenvalue weighted by molar-refractivity contribution is 7.66. The molecule has 0 spiro atoms. The maximum absolute atomic E-state index is 9.46. The third kappa shape index (κ3) is 4.66. The summed E-state index contributed by atoms with van der Waals surface area (Å²) in [5, 5.41) is 0.316. The molecule has 1 aromatic rings. The molecule has 3 N–H and O–H groups in total. The van der Waals surface area contributed by atoms with Crippen LogP contribution in [-0.4, -0.2) is 14.7 Å². The quantitative estimate of drug-likeness (QED) is 0.668. The van der Waals surface area contributed by atoms with Crippen LogP contribution in [0.15, 0.2) is 18.2 Å². The Morgan fingerprint density at radius 1 is 0.944 bits per heavy atom. The Morgan fingerprint density at radius 2 is 1.56 bits per heavy atom. The lowest BCUT2D eigenvalue weighted by atomic mass is 10.0. The van der Waals surface area contributed by atoms with Crippen LogP contribution in [0.25, 0.3) is 0 Å². The molecule has 0 fully saturated rings. The molecule has 102 valence electrons. The Bertz CT molecular complexity index is 372. The van der Waals surface area contributed by atoms with Crippen LogP contribution in [0.2, 0.25) is 0 Å². The number of hydrogen-bond donors (Lipinski definition) is 3. The molecule has 0 saturated heterocycles. The number of aryl methyl sites for hydroxylation is 2. The first kappa shape index (κ1) is 15.6. The van der Waals surface area contributed by atoms with Crippen molar-refractivity contribution in [3.8, 4) is 0 Å². The molecule has 0 atom stereocenters. The number of hydrogen-bond acceptors (Lipinski definition) is 3. The van der Waals surface area contributed by atoms with Gasteiger partial charge in [0, 0.05) is 5.56 Å². The molecule has 1 rings (SSSR count). The summed E-state index contributed by atoms with van der Waals surface area (Å²) in [6.07, 6.45) is 6.10. The topological polar surface area (TPSA) is 60.7 Å². The van der Waals surface area contributed by atoms with E-state index in [0.717, 1.165) is 44.1 Å². The van der Waals surface area contributed by atoms with E-state index in [1.54, 1.807) is 6.07 Å². The Hall–Kier alpha value is -0.470. The summed E-state index contributed by atoms with van der Waals surface area (Å²) in [7, 11) is -3.89. The third-order valence-electron chi connectivity index (χ3n) is 3.09. The van der Waals surface area contributed by atoms with Gasteiger partial charge in [-0.2, -0.15) is 14.7 Å². The molecule has 0 aliphatic carbocycles. The van der Waals surface area contributed by atoms with Crippen LogP contribution in [0.4, 0.5) is 0 Å². The van der Waals surface area contributed by atoms with Gasteiger partial charge >= 0.3 is 7.94 Å². The highest BCUT2D eigenvalue weighted by atomic mass is 31.2. The van der Waals surface area contributed by atoms with Gasteiger partial charge in [0.15, 0.2) is 5.30 Å². The molecule has 0 saturated carbocycles. The smallest absolute Gasteiger partial charge is 0.189 e. The van der Waals surface area contributed by atoms with Crippen LogP contribution in [0.5, 0.6) is 0 Å². The summed E-state index contributed by atoms with van der Waals surface area (Å²) in [6.45, 7) is 4.25. The Kier molecular flexibility index (Phi) is 6.24. The van der Waals surface area contributed by atoms with Gasteiger partial charge in [-0.1, -0.05) is 38.8 Å². The summed E-state index contributed by atoms with van der Waals surface area (Å²) >= 11 is 0. The summed E-state index contributed by atoms with van der Waals surface area (Å²) in [5.74, 6) is 0. The lowest BCUT2D eigenvalue weighted by Crippen LogP contribution is -2.16. The van der Waals surface area contributed by atoms with E-state index in [0.29, 0.717) is 5.30 Å². The van der Waals surface area contributed by atoms with Crippen molar-refractivity contribution in [1.82, 2.24) is 0 Å². The molecule has 0 bridgehead atoms. The Balaban J connectivity index is 2.96. The van der Waals surface area contributed by atoms with Gasteiger partial charge < -0.3 is 0 Å². The first-order valence-corrected chi connectivity index (χ1v) is 8.33. The van der Waals surface area contributed by atoms with E-state index < -0.39 is 7.94 Å². The van der Waals surface area contributed by atoms with E-state index in [-0.39, 0.29) is 0 Å². The molecule has 0 amide bonds. The molecule has 0 aromatic heterocycles. The maximum Gasteiger partial charge on any atom is 0.441 e. The van der Waals surface area contributed by atoms with Gasteiger partial charge in [0.2, 0.25) is 0 Å². The molecule has 3 nitrogen and oxygen atoms in total. The van der Waals surface area contributed by atoms with Crippen molar-refractivity contribution < 1.29 is 14.7 Å². The monoisotopic (exact) mass is 271 g/mol. The molecular formula is C14H24O3P+. The van der Waals surface area contributed by atoms with Crippen LogP contribution >= 0.6 is 7.94 Å². The van der Waals surface area contributed by atoms with Crippen molar-refractivity contribution in [3.63, 3.8) is 0 Å². The van der Waals surface area contributed by atoms with Crippen molar-refractivity contribution in [2.24, 2.45) is 0 Å². The summed E-state index contributed by atoms with van der Waals surface area (Å²) in [6, 6.07) is 5.57. The fourth-order valence-electron chi connectivity index (χ4n) is 2.04. The van der Waals surface area contributed by atoms with Crippen LogP contribution in [-0.2, 0) is 12.8 Å². The molecule has 0 aliphatic rings. The van der Waals surface area contributed by atoms with E-state index in [1.165, 1.54) is 5.56 Å². The van der Waals surface area contributed by atoms with E-state index in [1.807, 2.05) is 12.1 Å². The minimum absolute atomic E-state index is 0.316. The van der Waals surface area contributed by atoms with Gasteiger partial charge in [0.1, 0.15) is 0 Å². The standard InChI is InChI=1S/C14H24O3P/c1-3-5-7-12-9-10-14(18(15,16)17)13(11-12)8-6-4-2/h9-11,15-17H,3-8H2,1-2H3/q+1. The van der Waals surface area contributed by atoms with Crippen molar-refractivity contribution in [3.05, 3.63) is 29.3 Å². The molecule has 1 aromatic carbocycles. The molecular weight excluding hydrogens is 247 g/mol. The number of rotatable bonds is 7. The zero-order valence-corrected chi connectivity index (χ0v) is 12.2. The lowest BCUT2D eigenvalue weighted by Gasteiger charge is -2.11. The Labute approximate surface area is 110 Å². The molecule has 0 unspecified atom stereocenters. The van der Waals surface area contributed by atoms with Crippen LogP contribution < -0.4 is 5.30 Å². The van der Waals surface area contributed by atoms with E-state index in [2.05, 4.69) is 13.8 Å². The summed E-state index contributed by atoms with van der Waals surface area (Å²) in [5.41, 5.74) is 2.09. The van der Waals surface area contributed by atoms with E-state index >= 15 is 0 Å². The van der Waals surface area contributed by atoms with Crippen molar-refractivity contribution >= 4 is 13.2 Å². The minimum Gasteiger partial charge on any atom is -0.189 e. The zero-order chi connectivity index (χ0) is 13.6. The van der Waals surface area contributed by atoms with Gasteiger partial charge in [0.05, 0.1) is 0 Å². The zero-order valence-electron chi connectivity index (χ0n) is 11.3. The average molecular weight is 271 g/mol. The van der Waals surface area contributed by atoms with Gasteiger partial charge in [0.25, 0.3) is 0 Å². The second-order valence-corrected chi connectivity index (χ2v) is 6.36. The molecule has 4 heteroatoms. The fraction of sp³-hybridized carbons (Fsp3) is 0.571. The fourth-order valence-corrected chi connectivity index (χ4v) is 2.87. The van der Waals surface area contributed by atoms with Crippen molar-refractivity contribution in [1.29, 1.82) is 0 Å². The molecule has 0 heterocycles. The highest BCUT2D eigenvalue weighted by Crippen LogP contribution is 2.44. The van der Waals surface area contributed by atoms with Gasteiger partial charge in [-0.05, 0) is 37.3 Å². The normalized spacial score (nSPS) is 11.8. The second-order valence-electron chi connectivity index (χ2n) is 4.74. The third-order valence-corrected chi connectivity index (χ3v) is 4.17. The molecule has 0 radical (unpaired) electrons. The van der Waals surface area contributed by atoms with Crippen molar-refractivity contribution in [2.45, 2.75) is 52.4 Å². The maximum atomic E-state index is 9.46. The Morgan fingerprint density at radius 3 is 2.11 bits per heavy atom. The summed E-state index contributed by atoms with van der Waals surface area (Å²) in [4.78, 5) is 28.4. The van der Waals surface area contributed by atoms with E-state index in [9.17, 15) is 14.7 Å². The first-order chi connectivity index (χ1) is 8.49. The number of unbranched alkanes of at least 4 members (excludes halogenated alkanes) is 2. The molecule has 0 aliphatic heterocycles. The van der Waals surface area contributed by atoms with Crippen LogP contribution in [0.3, 0.4) is 0 Å². The van der Waals surface area contributed by atoms with Gasteiger partial charge in [-0.25, -0.2) is 0 Å². The number of benzene rings is 1. The largest absolute Gasteiger partial charge is 0.441 e. The van der Waals surface area contributed by atoms with Crippen LogP contribution in [0.1, 0.15) is 50.7 Å². The predicted octanol–water partition coefficient (Wildman–Crippen LogP) is 2.74. The van der Waals surface area contributed by atoms with Gasteiger partial charge in [-0.3, -0.25) is 0 Å². The lowest BCUT2D eigenvalue weighted by molar-refractivity contribution is 0.346. The molecule has 18 heavy (non-hydrogen) atoms.